The monoisotopic (exact) mass is 484 g/mol. The van der Waals surface area contributed by atoms with Gasteiger partial charge in [0.15, 0.2) is 0 Å². The number of fused-ring (bicyclic) bond motifs is 1. The molecule has 1 aliphatic heterocycles. The predicted octanol–water partition coefficient (Wildman–Crippen LogP) is 4.40. The van der Waals surface area contributed by atoms with Crippen molar-refractivity contribution < 1.29 is 23.7 Å². The average Bonchev–Trinajstić information content (AvgIpc) is 3.20. The van der Waals surface area contributed by atoms with Crippen LogP contribution < -0.4 is 10.2 Å². The lowest BCUT2D eigenvalue weighted by molar-refractivity contribution is -0.384. The maximum atomic E-state index is 14.4. The molecule has 0 saturated carbocycles. The number of carbonyl (C=O) groups excluding carboxylic acids is 3. The topological polar surface area (TPSA) is 115 Å². The lowest BCUT2D eigenvalue weighted by Crippen LogP contribution is -2.54. The second kappa shape index (κ2) is 8.91. The molecule has 1 aromatic heterocycles. The Morgan fingerprint density at radius 3 is 2.36 bits per heavy atom. The van der Waals surface area contributed by atoms with Crippen molar-refractivity contribution in [3.8, 4) is 0 Å². The first-order valence-corrected chi connectivity index (χ1v) is 10.8. The molecular formula is C26H17FN4O5. The highest BCUT2D eigenvalue weighted by atomic mass is 19.1. The van der Waals surface area contributed by atoms with Crippen LogP contribution in [0.15, 0.2) is 84.4 Å². The largest absolute Gasteiger partial charge is 0.336 e. The van der Waals surface area contributed by atoms with Crippen molar-refractivity contribution in [1.82, 2.24) is 9.88 Å². The molecule has 5 rings (SSSR count). The second-order valence-corrected chi connectivity index (χ2v) is 8.04. The SMILES string of the molecule is O=C1NC(=O)N(c2ccc([N+](=O)[O-])cc2)C(=O)/C1=C\c1cc2ccccc2n1Cc1ccccc1F. The Hall–Kier alpha value is -5.12. The molecule has 1 fully saturated rings. The van der Waals surface area contributed by atoms with E-state index >= 15 is 0 Å². The molecule has 10 heteroatoms. The van der Waals surface area contributed by atoms with Gasteiger partial charge in [0.05, 0.1) is 17.2 Å². The fraction of sp³-hybridized carbons (Fsp3) is 0.0385. The molecule has 1 aliphatic rings. The first kappa shape index (κ1) is 22.7. The molecule has 1 N–H and O–H groups in total. The van der Waals surface area contributed by atoms with Gasteiger partial charge in [0, 0.05) is 34.3 Å². The van der Waals surface area contributed by atoms with Crippen LogP contribution in [0.5, 0.6) is 0 Å². The summed E-state index contributed by atoms with van der Waals surface area (Å²) in [5, 5.41) is 13.9. The van der Waals surface area contributed by atoms with E-state index in [0.29, 0.717) is 11.3 Å². The van der Waals surface area contributed by atoms with Gasteiger partial charge in [-0.15, -0.1) is 0 Å². The molecule has 3 aromatic carbocycles. The van der Waals surface area contributed by atoms with Gasteiger partial charge in [-0.3, -0.25) is 25.0 Å². The number of anilines is 1. The lowest BCUT2D eigenvalue weighted by Gasteiger charge is -2.26. The van der Waals surface area contributed by atoms with Crippen LogP contribution in [0.1, 0.15) is 11.3 Å². The number of rotatable bonds is 5. The summed E-state index contributed by atoms with van der Waals surface area (Å²) in [6.45, 7) is 0.139. The third-order valence-electron chi connectivity index (χ3n) is 5.84. The van der Waals surface area contributed by atoms with E-state index < -0.39 is 28.6 Å². The molecule has 9 nitrogen and oxygen atoms in total. The van der Waals surface area contributed by atoms with Gasteiger partial charge in [0.25, 0.3) is 17.5 Å². The molecule has 178 valence electrons. The van der Waals surface area contributed by atoms with Crippen LogP contribution in [0.4, 0.5) is 20.6 Å². The highest BCUT2D eigenvalue weighted by Gasteiger charge is 2.37. The fourth-order valence-electron chi connectivity index (χ4n) is 4.09. The highest BCUT2D eigenvalue weighted by molar-refractivity contribution is 6.39. The van der Waals surface area contributed by atoms with Crippen LogP contribution in [0.2, 0.25) is 0 Å². The molecule has 2 heterocycles. The summed E-state index contributed by atoms with van der Waals surface area (Å²) in [4.78, 5) is 49.5. The Morgan fingerprint density at radius 2 is 1.64 bits per heavy atom. The highest BCUT2D eigenvalue weighted by Crippen LogP contribution is 2.27. The number of para-hydroxylation sites is 1. The number of halogens is 1. The van der Waals surface area contributed by atoms with Crippen LogP contribution in [0, 0.1) is 15.9 Å². The molecule has 36 heavy (non-hydrogen) atoms. The van der Waals surface area contributed by atoms with Crippen molar-refractivity contribution in [3.63, 3.8) is 0 Å². The van der Waals surface area contributed by atoms with Crippen LogP contribution in [-0.2, 0) is 16.1 Å². The van der Waals surface area contributed by atoms with E-state index in [1.165, 1.54) is 24.3 Å². The van der Waals surface area contributed by atoms with Crippen molar-refractivity contribution in [1.29, 1.82) is 0 Å². The minimum Gasteiger partial charge on any atom is -0.336 e. The third kappa shape index (κ3) is 4.00. The second-order valence-electron chi connectivity index (χ2n) is 8.04. The van der Waals surface area contributed by atoms with E-state index in [1.807, 2.05) is 24.3 Å². The number of urea groups is 1. The van der Waals surface area contributed by atoms with Gasteiger partial charge in [-0.2, -0.15) is 0 Å². The van der Waals surface area contributed by atoms with E-state index in [0.717, 1.165) is 27.9 Å². The number of barbiturate groups is 1. The Balaban J connectivity index is 1.58. The van der Waals surface area contributed by atoms with Crippen molar-refractivity contribution in [2.45, 2.75) is 6.54 Å². The number of nitrogens with one attached hydrogen (secondary N) is 1. The van der Waals surface area contributed by atoms with Gasteiger partial charge in [-0.05, 0) is 36.4 Å². The number of amides is 4. The smallest absolute Gasteiger partial charge is 0.335 e. The first-order chi connectivity index (χ1) is 17.3. The number of imide groups is 2. The zero-order chi connectivity index (χ0) is 25.4. The van der Waals surface area contributed by atoms with Crippen LogP contribution in [0.3, 0.4) is 0 Å². The molecule has 1 saturated heterocycles. The fourth-order valence-corrected chi connectivity index (χ4v) is 4.09. The Bertz CT molecular complexity index is 1590. The van der Waals surface area contributed by atoms with E-state index in [-0.39, 0.29) is 23.5 Å². The molecule has 0 aliphatic carbocycles. The summed E-state index contributed by atoms with van der Waals surface area (Å²) in [7, 11) is 0. The lowest BCUT2D eigenvalue weighted by atomic mass is 10.1. The van der Waals surface area contributed by atoms with Gasteiger partial charge in [0.1, 0.15) is 11.4 Å². The average molecular weight is 484 g/mol. The molecule has 0 bridgehead atoms. The summed E-state index contributed by atoms with van der Waals surface area (Å²) >= 11 is 0. The standard InChI is InChI=1S/C26H17FN4O5/c27-22-7-3-1-6-17(22)15-29-20(13-16-5-2-4-8-23(16)29)14-21-24(32)28-26(34)30(25(21)33)18-9-11-19(12-10-18)31(35)36/h1-14H,15H2,(H,28,32,34)/b21-14-. The van der Waals surface area contributed by atoms with Gasteiger partial charge in [-0.1, -0.05) is 36.4 Å². The molecule has 0 radical (unpaired) electrons. The quantitative estimate of drug-likeness (QED) is 0.195. The van der Waals surface area contributed by atoms with Crippen LogP contribution in [0.25, 0.3) is 17.0 Å². The molecule has 4 aromatic rings. The van der Waals surface area contributed by atoms with Crippen molar-refractivity contribution >= 4 is 46.2 Å². The van der Waals surface area contributed by atoms with E-state index in [2.05, 4.69) is 5.32 Å². The Labute approximate surface area is 203 Å². The Morgan fingerprint density at radius 1 is 0.944 bits per heavy atom. The normalized spacial score (nSPS) is 15.0. The van der Waals surface area contributed by atoms with E-state index in [9.17, 15) is 28.9 Å². The summed E-state index contributed by atoms with van der Waals surface area (Å²) < 4.78 is 16.2. The first-order valence-electron chi connectivity index (χ1n) is 10.8. The van der Waals surface area contributed by atoms with Gasteiger partial charge < -0.3 is 4.57 Å². The molecule has 0 unspecified atom stereocenters. The maximum absolute atomic E-state index is 14.4. The molecular weight excluding hydrogens is 467 g/mol. The number of nitrogens with zero attached hydrogens (tertiary/aromatic N) is 3. The van der Waals surface area contributed by atoms with Gasteiger partial charge in [-0.25, -0.2) is 14.1 Å². The Kier molecular flexibility index (Phi) is 5.61. The maximum Gasteiger partial charge on any atom is 0.335 e. The van der Waals surface area contributed by atoms with Crippen molar-refractivity contribution in [2.24, 2.45) is 0 Å². The number of non-ortho nitro benzene ring substituents is 1. The molecule has 4 amide bonds. The summed E-state index contributed by atoms with van der Waals surface area (Å²) in [6, 6.07) is 19.3. The van der Waals surface area contributed by atoms with Crippen molar-refractivity contribution in [3.05, 3.63) is 112 Å². The zero-order valence-corrected chi connectivity index (χ0v) is 18.6. The predicted molar refractivity (Wildman–Crippen MR) is 130 cm³/mol. The summed E-state index contributed by atoms with van der Waals surface area (Å²) in [5.41, 5.74) is 1.17. The number of nitro benzene ring substituents is 1. The minimum atomic E-state index is -0.970. The number of benzene rings is 3. The van der Waals surface area contributed by atoms with Crippen LogP contribution >= 0.6 is 0 Å². The third-order valence-corrected chi connectivity index (χ3v) is 5.84. The zero-order valence-electron chi connectivity index (χ0n) is 18.6. The number of carbonyl (C=O) groups is 3. The number of hydrogen-bond acceptors (Lipinski definition) is 5. The van der Waals surface area contributed by atoms with E-state index in [4.69, 9.17) is 0 Å². The molecule has 0 atom stereocenters. The van der Waals surface area contributed by atoms with Gasteiger partial charge in [0.2, 0.25) is 0 Å². The minimum absolute atomic E-state index is 0.0633. The summed E-state index contributed by atoms with van der Waals surface area (Å²) in [6.07, 6.45) is 1.35. The van der Waals surface area contributed by atoms with Crippen LogP contribution in [-0.4, -0.2) is 27.3 Å². The molecule has 0 spiro atoms. The number of hydrogen-bond donors (Lipinski definition) is 1. The van der Waals surface area contributed by atoms with Crippen molar-refractivity contribution in [2.75, 3.05) is 4.90 Å². The summed E-state index contributed by atoms with van der Waals surface area (Å²) in [5.74, 6) is -2.17. The van der Waals surface area contributed by atoms with Gasteiger partial charge >= 0.3 is 6.03 Å². The number of nitro groups is 1. The number of aromatic nitrogens is 1. The van der Waals surface area contributed by atoms with E-state index in [1.54, 1.807) is 28.8 Å².